The summed E-state index contributed by atoms with van der Waals surface area (Å²) in [5, 5.41) is 14.4. The standard InChI is InChI=1S/C13H8BrN3O2/c14-9-5-10(13(18)19)12(15-7-9)17-11-4-2-1-3-8(11)6-16-17/h1-7H,(H,18,19). The molecule has 94 valence electrons. The minimum Gasteiger partial charge on any atom is -0.478 e. The first-order valence-electron chi connectivity index (χ1n) is 5.49. The zero-order valence-electron chi connectivity index (χ0n) is 9.62. The molecule has 0 aliphatic carbocycles. The summed E-state index contributed by atoms with van der Waals surface area (Å²) in [6.07, 6.45) is 3.24. The second kappa shape index (κ2) is 4.47. The Balaban J connectivity index is 2.30. The quantitative estimate of drug-likeness (QED) is 0.789. The minimum atomic E-state index is -1.04. The number of hydrogen-bond donors (Lipinski definition) is 1. The van der Waals surface area contributed by atoms with Crippen LogP contribution in [0, 0.1) is 0 Å². The molecule has 1 N–H and O–H groups in total. The predicted molar refractivity (Wildman–Crippen MR) is 73.5 cm³/mol. The summed E-state index contributed by atoms with van der Waals surface area (Å²) in [4.78, 5) is 15.5. The Labute approximate surface area is 116 Å². The largest absolute Gasteiger partial charge is 0.478 e. The molecule has 0 saturated carbocycles. The Bertz CT molecular complexity index is 782. The third-order valence-electron chi connectivity index (χ3n) is 2.74. The Hall–Kier alpha value is -2.21. The van der Waals surface area contributed by atoms with Gasteiger partial charge in [0.2, 0.25) is 0 Å². The lowest BCUT2D eigenvalue weighted by atomic mass is 10.2. The van der Waals surface area contributed by atoms with Gasteiger partial charge in [0.15, 0.2) is 5.82 Å². The van der Waals surface area contributed by atoms with Crippen molar-refractivity contribution in [3.05, 3.63) is 52.8 Å². The summed E-state index contributed by atoms with van der Waals surface area (Å²) in [5.74, 6) is -0.736. The minimum absolute atomic E-state index is 0.100. The Morgan fingerprint density at radius 3 is 2.84 bits per heavy atom. The molecule has 0 fully saturated rings. The van der Waals surface area contributed by atoms with Crippen molar-refractivity contribution in [3.8, 4) is 5.82 Å². The van der Waals surface area contributed by atoms with E-state index in [-0.39, 0.29) is 5.56 Å². The molecule has 6 heteroatoms. The average Bonchev–Trinajstić information content (AvgIpc) is 2.82. The number of halogens is 1. The van der Waals surface area contributed by atoms with Gasteiger partial charge in [-0.25, -0.2) is 14.5 Å². The maximum atomic E-state index is 11.3. The van der Waals surface area contributed by atoms with Crippen LogP contribution in [0.2, 0.25) is 0 Å². The van der Waals surface area contributed by atoms with Gasteiger partial charge in [-0.15, -0.1) is 0 Å². The molecule has 2 aromatic heterocycles. The van der Waals surface area contributed by atoms with E-state index in [1.54, 1.807) is 12.4 Å². The second-order valence-corrected chi connectivity index (χ2v) is 4.86. The van der Waals surface area contributed by atoms with E-state index in [0.29, 0.717) is 10.3 Å². The summed E-state index contributed by atoms with van der Waals surface area (Å²) < 4.78 is 2.15. The highest BCUT2D eigenvalue weighted by atomic mass is 79.9. The second-order valence-electron chi connectivity index (χ2n) is 3.95. The number of carboxylic acids is 1. The predicted octanol–water partition coefficient (Wildman–Crippen LogP) is 2.88. The van der Waals surface area contributed by atoms with Gasteiger partial charge in [0.1, 0.15) is 5.56 Å². The molecule has 0 radical (unpaired) electrons. The lowest BCUT2D eigenvalue weighted by Crippen LogP contribution is -2.08. The lowest BCUT2D eigenvalue weighted by Gasteiger charge is -2.06. The number of aromatic nitrogens is 3. The molecule has 0 aliphatic rings. The van der Waals surface area contributed by atoms with E-state index in [1.165, 1.54) is 10.7 Å². The Morgan fingerprint density at radius 1 is 1.26 bits per heavy atom. The van der Waals surface area contributed by atoms with E-state index in [2.05, 4.69) is 26.0 Å². The van der Waals surface area contributed by atoms with Crippen LogP contribution in [-0.4, -0.2) is 25.8 Å². The molecule has 5 nitrogen and oxygen atoms in total. The van der Waals surface area contributed by atoms with Crippen molar-refractivity contribution in [3.63, 3.8) is 0 Å². The first kappa shape index (κ1) is 11.9. The third-order valence-corrected chi connectivity index (χ3v) is 3.18. The first-order valence-corrected chi connectivity index (χ1v) is 6.28. The molecule has 0 spiro atoms. The molecule has 0 atom stereocenters. The molecule has 2 heterocycles. The number of aromatic carboxylic acids is 1. The van der Waals surface area contributed by atoms with Crippen LogP contribution in [0.15, 0.2) is 47.2 Å². The Kier molecular flexibility index (Phi) is 2.79. The number of para-hydroxylation sites is 1. The van der Waals surface area contributed by atoms with Gasteiger partial charge in [0.25, 0.3) is 0 Å². The topological polar surface area (TPSA) is 68.0 Å². The van der Waals surface area contributed by atoms with E-state index >= 15 is 0 Å². The summed E-state index contributed by atoms with van der Waals surface area (Å²) in [6.45, 7) is 0. The number of pyridine rings is 1. The third kappa shape index (κ3) is 2.00. The maximum Gasteiger partial charge on any atom is 0.339 e. The van der Waals surface area contributed by atoms with Crippen LogP contribution in [0.25, 0.3) is 16.7 Å². The van der Waals surface area contributed by atoms with Crippen molar-refractivity contribution in [2.75, 3.05) is 0 Å². The lowest BCUT2D eigenvalue weighted by molar-refractivity contribution is 0.0696. The van der Waals surface area contributed by atoms with Gasteiger partial charge in [-0.1, -0.05) is 18.2 Å². The van der Waals surface area contributed by atoms with E-state index in [1.807, 2.05) is 24.3 Å². The summed E-state index contributed by atoms with van der Waals surface area (Å²) >= 11 is 3.22. The van der Waals surface area contributed by atoms with Gasteiger partial charge in [0.05, 0.1) is 11.7 Å². The molecule has 3 rings (SSSR count). The summed E-state index contributed by atoms with van der Waals surface area (Å²) in [7, 11) is 0. The van der Waals surface area contributed by atoms with Crippen LogP contribution in [0.5, 0.6) is 0 Å². The fourth-order valence-corrected chi connectivity index (χ4v) is 2.23. The molecular formula is C13H8BrN3O2. The number of nitrogens with zero attached hydrogens (tertiary/aromatic N) is 3. The zero-order valence-corrected chi connectivity index (χ0v) is 11.2. The monoisotopic (exact) mass is 317 g/mol. The highest BCUT2D eigenvalue weighted by Crippen LogP contribution is 2.21. The van der Waals surface area contributed by atoms with Gasteiger partial charge in [-0.3, -0.25) is 0 Å². The number of fused-ring (bicyclic) bond motifs is 1. The van der Waals surface area contributed by atoms with Gasteiger partial charge >= 0.3 is 5.97 Å². The molecular weight excluding hydrogens is 310 g/mol. The molecule has 0 saturated heterocycles. The summed E-state index contributed by atoms with van der Waals surface area (Å²) in [6, 6.07) is 9.08. The van der Waals surface area contributed by atoms with Crippen molar-refractivity contribution in [1.29, 1.82) is 0 Å². The van der Waals surface area contributed by atoms with Gasteiger partial charge in [-0.2, -0.15) is 5.10 Å². The van der Waals surface area contributed by atoms with Crippen molar-refractivity contribution < 1.29 is 9.90 Å². The van der Waals surface area contributed by atoms with Gasteiger partial charge in [-0.05, 0) is 28.1 Å². The number of hydrogen-bond acceptors (Lipinski definition) is 3. The average molecular weight is 318 g/mol. The van der Waals surface area contributed by atoms with Crippen LogP contribution in [-0.2, 0) is 0 Å². The number of rotatable bonds is 2. The van der Waals surface area contributed by atoms with E-state index < -0.39 is 5.97 Å². The van der Waals surface area contributed by atoms with Gasteiger partial charge < -0.3 is 5.11 Å². The van der Waals surface area contributed by atoms with Crippen LogP contribution < -0.4 is 0 Å². The number of carboxylic acid groups (broad SMARTS) is 1. The molecule has 0 unspecified atom stereocenters. The van der Waals surface area contributed by atoms with Crippen LogP contribution >= 0.6 is 15.9 Å². The van der Waals surface area contributed by atoms with Crippen LogP contribution in [0.1, 0.15) is 10.4 Å². The molecule has 0 aliphatic heterocycles. The Morgan fingerprint density at radius 2 is 2.05 bits per heavy atom. The highest BCUT2D eigenvalue weighted by Gasteiger charge is 2.16. The molecule has 0 amide bonds. The molecule has 3 aromatic rings. The smallest absolute Gasteiger partial charge is 0.339 e. The first-order chi connectivity index (χ1) is 9.16. The number of carbonyl (C=O) groups is 1. The highest BCUT2D eigenvalue weighted by molar-refractivity contribution is 9.10. The summed E-state index contributed by atoms with van der Waals surface area (Å²) in [5.41, 5.74) is 0.919. The fourth-order valence-electron chi connectivity index (χ4n) is 1.90. The van der Waals surface area contributed by atoms with Crippen molar-refractivity contribution in [1.82, 2.24) is 14.8 Å². The normalized spacial score (nSPS) is 10.8. The van der Waals surface area contributed by atoms with E-state index in [9.17, 15) is 9.90 Å². The van der Waals surface area contributed by atoms with E-state index in [4.69, 9.17) is 0 Å². The van der Waals surface area contributed by atoms with E-state index in [0.717, 1.165) is 10.9 Å². The maximum absolute atomic E-state index is 11.3. The van der Waals surface area contributed by atoms with Crippen LogP contribution in [0.4, 0.5) is 0 Å². The van der Waals surface area contributed by atoms with Crippen molar-refractivity contribution in [2.45, 2.75) is 0 Å². The molecule has 0 bridgehead atoms. The molecule has 1 aromatic carbocycles. The van der Waals surface area contributed by atoms with Crippen molar-refractivity contribution in [2.24, 2.45) is 0 Å². The van der Waals surface area contributed by atoms with Gasteiger partial charge in [0, 0.05) is 16.1 Å². The van der Waals surface area contributed by atoms with Crippen LogP contribution in [0.3, 0.4) is 0 Å². The van der Waals surface area contributed by atoms with Crippen molar-refractivity contribution >= 4 is 32.8 Å². The zero-order chi connectivity index (χ0) is 13.4. The SMILES string of the molecule is O=C(O)c1cc(Br)cnc1-n1ncc2ccccc21. The fraction of sp³-hybridized carbons (Fsp3) is 0. The molecule has 19 heavy (non-hydrogen) atoms. The number of benzene rings is 1.